The standard InChI is InChI=1S/C17H20N2O2S/c1-21-13-2-3-14-16(9-13)22-18-17(14)15(20)8-12-10-19-6-4-11(12)5-7-19/h2-3,9,11-12H,4-8,10H2,1H3/t12-/m1/s1. The van der Waals surface area contributed by atoms with Gasteiger partial charge in [0.15, 0.2) is 5.78 Å². The average molecular weight is 316 g/mol. The van der Waals surface area contributed by atoms with Crippen molar-refractivity contribution in [1.29, 1.82) is 0 Å². The maximum Gasteiger partial charge on any atom is 0.183 e. The number of aromatic nitrogens is 1. The lowest BCUT2D eigenvalue weighted by molar-refractivity contribution is 0.0440. The Balaban J connectivity index is 1.55. The molecule has 5 rings (SSSR count). The predicted octanol–water partition coefficient (Wildman–Crippen LogP) is 3.22. The lowest BCUT2D eigenvalue weighted by Crippen LogP contribution is -2.47. The molecule has 0 radical (unpaired) electrons. The number of hydrogen-bond acceptors (Lipinski definition) is 5. The van der Waals surface area contributed by atoms with Crippen LogP contribution in [0.5, 0.6) is 5.75 Å². The van der Waals surface area contributed by atoms with Crippen molar-refractivity contribution >= 4 is 27.4 Å². The van der Waals surface area contributed by atoms with E-state index in [1.165, 1.54) is 37.5 Å². The van der Waals surface area contributed by atoms with Crippen LogP contribution in [-0.4, -0.2) is 41.8 Å². The third-order valence-corrected chi connectivity index (χ3v) is 5.99. The number of carbonyl (C=O) groups excluding carboxylic acids is 1. The van der Waals surface area contributed by atoms with Crippen LogP contribution < -0.4 is 4.74 Å². The summed E-state index contributed by atoms with van der Waals surface area (Å²) in [5, 5.41) is 0.970. The van der Waals surface area contributed by atoms with Crippen molar-refractivity contribution in [1.82, 2.24) is 9.27 Å². The summed E-state index contributed by atoms with van der Waals surface area (Å²) in [6.07, 6.45) is 3.16. The van der Waals surface area contributed by atoms with E-state index in [1.807, 2.05) is 18.2 Å². The number of piperidine rings is 3. The average Bonchev–Trinajstić information content (AvgIpc) is 2.99. The maximum atomic E-state index is 12.7. The summed E-state index contributed by atoms with van der Waals surface area (Å²) in [6.45, 7) is 3.52. The molecule has 0 saturated carbocycles. The fourth-order valence-electron chi connectivity index (χ4n) is 3.90. The largest absolute Gasteiger partial charge is 0.497 e. The highest BCUT2D eigenvalue weighted by atomic mass is 32.1. The molecule has 2 bridgehead atoms. The molecule has 0 amide bonds. The minimum absolute atomic E-state index is 0.204. The zero-order chi connectivity index (χ0) is 15.1. The molecule has 4 nitrogen and oxygen atoms in total. The van der Waals surface area contributed by atoms with Gasteiger partial charge in [-0.15, -0.1) is 0 Å². The van der Waals surface area contributed by atoms with E-state index < -0.39 is 0 Å². The minimum atomic E-state index is 0.204. The Morgan fingerprint density at radius 1 is 1.41 bits per heavy atom. The lowest BCUT2D eigenvalue weighted by atomic mass is 9.76. The van der Waals surface area contributed by atoms with E-state index in [-0.39, 0.29) is 5.78 Å². The van der Waals surface area contributed by atoms with Crippen molar-refractivity contribution in [2.75, 3.05) is 26.7 Å². The van der Waals surface area contributed by atoms with Crippen molar-refractivity contribution in [2.24, 2.45) is 11.8 Å². The van der Waals surface area contributed by atoms with Crippen LogP contribution >= 0.6 is 11.5 Å². The quantitative estimate of drug-likeness (QED) is 0.812. The topological polar surface area (TPSA) is 42.4 Å². The Hall–Kier alpha value is -1.46. The zero-order valence-corrected chi connectivity index (χ0v) is 13.6. The number of methoxy groups -OCH3 is 1. The summed E-state index contributed by atoms with van der Waals surface area (Å²) in [7, 11) is 1.65. The van der Waals surface area contributed by atoms with Crippen LogP contribution in [0, 0.1) is 11.8 Å². The first kappa shape index (κ1) is 14.2. The smallest absolute Gasteiger partial charge is 0.183 e. The Bertz CT molecular complexity index is 704. The second-order valence-corrected chi connectivity index (χ2v) is 7.22. The Labute approximate surface area is 134 Å². The maximum absolute atomic E-state index is 12.7. The number of rotatable bonds is 4. The fraction of sp³-hybridized carbons (Fsp3) is 0.529. The zero-order valence-electron chi connectivity index (χ0n) is 12.7. The van der Waals surface area contributed by atoms with E-state index in [9.17, 15) is 4.79 Å². The highest BCUT2D eigenvalue weighted by molar-refractivity contribution is 7.13. The molecule has 0 spiro atoms. The van der Waals surface area contributed by atoms with Crippen LogP contribution in [-0.2, 0) is 0 Å². The van der Waals surface area contributed by atoms with E-state index in [4.69, 9.17) is 4.74 Å². The highest BCUT2D eigenvalue weighted by Crippen LogP contribution is 2.36. The van der Waals surface area contributed by atoms with Gasteiger partial charge in [0.25, 0.3) is 0 Å². The van der Waals surface area contributed by atoms with Crippen molar-refractivity contribution in [3.05, 3.63) is 23.9 Å². The first-order valence-corrected chi connectivity index (χ1v) is 8.71. The number of Topliss-reactive ketones (excluding diaryl/α,β-unsaturated/α-hetero) is 1. The van der Waals surface area contributed by atoms with Crippen LogP contribution in [0.3, 0.4) is 0 Å². The van der Waals surface area contributed by atoms with E-state index in [1.54, 1.807) is 7.11 Å². The molecular formula is C17H20N2O2S. The number of nitrogens with zero attached hydrogens (tertiary/aromatic N) is 2. The Morgan fingerprint density at radius 2 is 2.23 bits per heavy atom. The number of fused-ring (bicyclic) bond motifs is 4. The van der Waals surface area contributed by atoms with Gasteiger partial charge in [-0.25, -0.2) is 0 Å². The van der Waals surface area contributed by atoms with Gasteiger partial charge in [-0.3, -0.25) is 4.79 Å². The van der Waals surface area contributed by atoms with Crippen molar-refractivity contribution < 1.29 is 9.53 Å². The molecule has 1 aromatic heterocycles. The van der Waals surface area contributed by atoms with Gasteiger partial charge in [0.2, 0.25) is 0 Å². The van der Waals surface area contributed by atoms with Gasteiger partial charge in [-0.05, 0) is 67.5 Å². The van der Waals surface area contributed by atoms with Gasteiger partial charge in [-0.1, -0.05) is 0 Å². The van der Waals surface area contributed by atoms with Gasteiger partial charge in [0.05, 0.1) is 11.8 Å². The van der Waals surface area contributed by atoms with Crippen molar-refractivity contribution in [2.45, 2.75) is 19.3 Å². The third kappa shape index (κ3) is 2.42. The molecule has 22 heavy (non-hydrogen) atoms. The Morgan fingerprint density at radius 3 is 2.91 bits per heavy atom. The molecule has 116 valence electrons. The van der Waals surface area contributed by atoms with Gasteiger partial charge >= 0.3 is 0 Å². The highest BCUT2D eigenvalue weighted by Gasteiger charge is 2.35. The van der Waals surface area contributed by atoms with Crippen LogP contribution in [0.15, 0.2) is 18.2 Å². The molecular weight excluding hydrogens is 296 g/mol. The second-order valence-electron chi connectivity index (χ2n) is 6.42. The molecule has 4 heterocycles. The van der Waals surface area contributed by atoms with E-state index in [0.717, 1.165) is 28.3 Å². The molecule has 0 N–H and O–H groups in total. The summed E-state index contributed by atoms with van der Waals surface area (Å²) in [5.41, 5.74) is 0.652. The van der Waals surface area contributed by atoms with Crippen molar-refractivity contribution in [3.8, 4) is 5.75 Å². The molecule has 1 atom stereocenters. The summed E-state index contributed by atoms with van der Waals surface area (Å²) in [6, 6.07) is 5.82. The SMILES string of the molecule is COc1ccc2c(C(=O)C[C@@H]3CN4CCC3CC4)nsc2c1. The van der Waals surface area contributed by atoms with Gasteiger partial charge in [-0.2, -0.15) is 4.37 Å². The molecule has 2 aromatic rings. The molecule has 3 aliphatic rings. The monoisotopic (exact) mass is 316 g/mol. The van der Waals surface area contributed by atoms with Gasteiger partial charge in [0, 0.05) is 18.4 Å². The first-order chi connectivity index (χ1) is 10.7. The van der Waals surface area contributed by atoms with E-state index >= 15 is 0 Å². The van der Waals surface area contributed by atoms with Crippen LogP contribution in [0.25, 0.3) is 10.1 Å². The molecule has 0 unspecified atom stereocenters. The van der Waals surface area contributed by atoms with Crippen LogP contribution in [0.4, 0.5) is 0 Å². The molecule has 3 fully saturated rings. The van der Waals surface area contributed by atoms with Gasteiger partial charge < -0.3 is 9.64 Å². The Kier molecular flexibility index (Phi) is 3.62. The second kappa shape index (κ2) is 5.63. The summed E-state index contributed by atoms with van der Waals surface area (Å²) in [5.74, 6) is 2.27. The molecule has 5 heteroatoms. The van der Waals surface area contributed by atoms with Crippen LogP contribution in [0.2, 0.25) is 0 Å². The number of ether oxygens (including phenoxy) is 1. The summed E-state index contributed by atoms with van der Waals surface area (Å²) in [4.78, 5) is 15.2. The van der Waals surface area contributed by atoms with Crippen LogP contribution in [0.1, 0.15) is 29.8 Å². The summed E-state index contributed by atoms with van der Waals surface area (Å²) >= 11 is 1.39. The number of carbonyl (C=O) groups is 1. The van der Waals surface area contributed by atoms with Gasteiger partial charge in [0.1, 0.15) is 11.4 Å². The minimum Gasteiger partial charge on any atom is -0.497 e. The van der Waals surface area contributed by atoms with E-state index in [0.29, 0.717) is 18.0 Å². The summed E-state index contributed by atoms with van der Waals surface area (Å²) < 4.78 is 10.7. The van der Waals surface area contributed by atoms with E-state index in [2.05, 4.69) is 9.27 Å². The molecule has 3 saturated heterocycles. The number of hydrogen-bond donors (Lipinski definition) is 0. The lowest BCUT2D eigenvalue weighted by Gasteiger charge is -2.44. The molecule has 1 aromatic carbocycles. The van der Waals surface area contributed by atoms with Crippen molar-refractivity contribution in [3.63, 3.8) is 0 Å². The third-order valence-electron chi connectivity index (χ3n) is 5.18. The molecule has 0 aliphatic carbocycles. The normalized spacial score (nSPS) is 27.2. The molecule has 3 aliphatic heterocycles. The number of benzene rings is 1. The fourth-order valence-corrected chi connectivity index (χ4v) is 4.72. The first-order valence-electron chi connectivity index (χ1n) is 7.93. The predicted molar refractivity (Wildman–Crippen MR) is 87.8 cm³/mol. The number of ketones is 1.